The van der Waals surface area contributed by atoms with E-state index in [0.29, 0.717) is 44.1 Å². The topological polar surface area (TPSA) is 93.8 Å². The van der Waals surface area contributed by atoms with Gasteiger partial charge in [-0.05, 0) is 18.4 Å². The molecule has 2 rings (SSSR count). The summed E-state index contributed by atoms with van der Waals surface area (Å²) in [7, 11) is 3.37. The van der Waals surface area contributed by atoms with Crippen LogP contribution in [-0.2, 0) is 17.8 Å². The highest BCUT2D eigenvalue weighted by molar-refractivity contribution is 5.79. The summed E-state index contributed by atoms with van der Waals surface area (Å²) < 4.78 is 15.8. The number of nitrogens with zero attached hydrogens (tertiary/aromatic N) is 3. The summed E-state index contributed by atoms with van der Waals surface area (Å²) in [6.45, 7) is 6.48. The Balaban J connectivity index is 1.78. The molecule has 0 saturated carbocycles. The van der Waals surface area contributed by atoms with Crippen molar-refractivity contribution < 1.29 is 14.0 Å². The van der Waals surface area contributed by atoms with Gasteiger partial charge in [0.25, 0.3) is 0 Å². The molecule has 0 aromatic carbocycles. The highest BCUT2D eigenvalue weighted by Crippen LogP contribution is 2.22. The fourth-order valence-electron chi connectivity index (χ4n) is 2.72. The van der Waals surface area contributed by atoms with Crippen LogP contribution in [-0.4, -0.2) is 43.5 Å². The molecule has 0 saturated heterocycles. The SMILES string of the molecule is CCC(CC)c1cc(CNC(=NC)NCc2ccc(OCCOC)nc2)on1. The monoisotopic (exact) mass is 389 g/mol. The summed E-state index contributed by atoms with van der Waals surface area (Å²) in [5.74, 6) is 2.51. The Morgan fingerprint density at radius 2 is 1.96 bits per heavy atom. The molecule has 0 radical (unpaired) electrons. The average molecular weight is 390 g/mol. The van der Waals surface area contributed by atoms with E-state index in [1.54, 1.807) is 20.4 Å². The Morgan fingerprint density at radius 3 is 2.61 bits per heavy atom. The zero-order valence-electron chi connectivity index (χ0n) is 17.2. The third-order valence-electron chi connectivity index (χ3n) is 4.43. The quantitative estimate of drug-likeness (QED) is 0.347. The van der Waals surface area contributed by atoms with Crippen molar-refractivity contribution >= 4 is 5.96 Å². The van der Waals surface area contributed by atoms with E-state index in [-0.39, 0.29) is 0 Å². The van der Waals surface area contributed by atoms with E-state index in [1.165, 1.54) is 0 Å². The van der Waals surface area contributed by atoms with Crippen molar-refractivity contribution in [1.82, 2.24) is 20.8 Å². The lowest BCUT2D eigenvalue weighted by molar-refractivity contribution is 0.143. The Morgan fingerprint density at radius 1 is 1.18 bits per heavy atom. The second-order valence-corrected chi connectivity index (χ2v) is 6.36. The molecule has 0 unspecified atom stereocenters. The molecule has 0 atom stereocenters. The molecule has 2 N–H and O–H groups in total. The maximum Gasteiger partial charge on any atom is 0.213 e. The minimum Gasteiger partial charge on any atom is -0.475 e. The van der Waals surface area contributed by atoms with Gasteiger partial charge in [0, 0.05) is 44.9 Å². The number of methoxy groups -OCH3 is 1. The van der Waals surface area contributed by atoms with Crippen LogP contribution >= 0.6 is 0 Å². The van der Waals surface area contributed by atoms with Crippen molar-refractivity contribution in [3.63, 3.8) is 0 Å². The number of aromatic nitrogens is 2. The van der Waals surface area contributed by atoms with Crippen LogP contribution in [0.5, 0.6) is 5.88 Å². The van der Waals surface area contributed by atoms with Crippen molar-refractivity contribution in [2.24, 2.45) is 4.99 Å². The molecule has 2 aromatic rings. The Kier molecular flexibility index (Phi) is 9.27. The number of rotatable bonds is 11. The van der Waals surface area contributed by atoms with Crippen LogP contribution in [0.3, 0.4) is 0 Å². The molecule has 0 aliphatic heterocycles. The van der Waals surface area contributed by atoms with Crippen LogP contribution in [0.25, 0.3) is 0 Å². The van der Waals surface area contributed by atoms with Crippen molar-refractivity contribution in [3.05, 3.63) is 41.4 Å². The van der Waals surface area contributed by atoms with Crippen LogP contribution in [0.2, 0.25) is 0 Å². The van der Waals surface area contributed by atoms with Crippen LogP contribution in [0.1, 0.15) is 49.6 Å². The van der Waals surface area contributed by atoms with E-state index in [2.05, 4.69) is 39.6 Å². The predicted molar refractivity (Wildman–Crippen MR) is 108 cm³/mol. The third kappa shape index (κ3) is 6.84. The first-order chi connectivity index (χ1) is 13.7. The lowest BCUT2D eigenvalue weighted by Gasteiger charge is -2.11. The zero-order valence-corrected chi connectivity index (χ0v) is 17.2. The van der Waals surface area contributed by atoms with Gasteiger partial charge in [0.2, 0.25) is 5.88 Å². The van der Waals surface area contributed by atoms with Gasteiger partial charge >= 0.3 is 0 Å². The molecule has 0 fully saturated rings. The number of pyridine rings is 1. The molecule has 28 heavy (non-hydrogen) atoms. The van der Waals surface area contributed by atoms with Gasteiger partial charge in [-0.3, -0.25) is 4.99 Å². The lowest BCUT2D eigenvalue weighted by atomic mass is 9.99. The van der Waals surface area contributed by atoms with Gasteiger partial charge in [0.05, 0.1) is 18.8 Å². The second kappa shape index (κ2) is 12.0. The molecule has 2 heterocycles. The predicted octanol–water partition coefficient (Wildman–Crippen LogP) is 2.86. The summed E-state index contributed by atoms with van der Waals surface area (Å²) in [5, 5.41) is 10.7. The number of nitrogens with one attached hydrogen (secondary N) is 2. The fourth-order valence-corrected chi connectivity index (χ4v) is 2.72. The molecular weight excluding hydrogens is 358 g/mol. The molecular formula is C20H31N5O3. The fraction of sp³-hybridized carbons (Fsp3) is 0.550. The summed E-state index contributed by atoms with van der Waals surface area (Å²) in [6.07, 6.45) is 3.90. The van der Waals surface area contributed by atoms with E-state index in [4.69, 9.17) is 14.0 Å². The first kappa shape index (κ1) is 21.7. The molecule has 2 aromatic heterocycles. The number of guanidine groups is 1. The first-order valence-electron chi connectivity index (χ1n) is 9.66. The average Bonchev–Trinajstić information content (AvgIpc) is 3.19. The lowest BCUT2D eigenvalue weighted by Crippen LogP contribution is -2.36. The summed E-state index contributed by atoms with van der Waals surface area (Å²) in [4.78, 5) is 8.52. The van der Waals surface area contributed by atoms with E-state index < -0.39 is 0 Å². The number of aliphatic imine (C=N–C) groups is 1. The molecule has 154 valence electrons. The van der Waals surface area contributed by atoms with Gasteiger partial charge < -0.3 is 24.6 Å². The molecule has 0 bridgehead atoms. The van der Waals surface area contributed by atoms with Gasteiger partial charge in [-0.15, -0.1) is 0 Å². The highest BCUT2D eigenvalue weighted by atomic mass is 16.5. The van der Waals surface area contributed by atoms with Gasteiger partial charge in [-0.1, -0.05) is 25.1 Å². The smallest absolute Gasteiger partial charge is 0.213 e. The van der Waals surface area contributed by atoms with Crippen molar-refractivity contribution in [2.45, 2.75) is 45.7 Å². The minimum atomic E-state index is 0.448. The normalized spacial score (nSPS) is 11.7. The largest absolute Gasteiger partial charge is 0.475 e. The molecule has 0 aliphatic carbocycles. The van der Waals surface area contributed by atoms with Gasteiger partial charge in [-0.2, -0.15) is 0 Å². The van der Waals surface area contributed by atoms with E-state index in [9.17, 15) is 0 Å². The van der Waals surface area contributed by atoms with Crippen molar-refractivity contribution in [1.29, 1.82) is 0 Å². The zero-order chi connectivity index (χ0) is 20.2. The number of hydrogen-bond acceptors (Lipinski definition) is 6. The summed E-state index contributed by atoms with van der Waals surface area (Å²) in [6, 6.07) is 5.83. The molecule has 0 spiro atoms. The highest BCUT2D eigenvalue weighted by Gasteiger charge is 2.13. The third-order valence-corrected chi connectivity index (χ3v) is 4.43. The van der Waals surface area contributed by atoms with E-state index in [1.807, 2.05) is 18.2 Å². The standard InChI is InChI=1S/C20H31N5O3/c1-5-16(6-2)18-11-17(28-25-18)14-24-20(21-3)23-13-15-7-8-19(22-12-15)27-10-9-26-4/h7-8,11-12,16H,5-6,9-10,13-14H2,1-4H3,(H2,21,23,24). The van der Waals surface area contributed by atoms with Crippen LogP contribution in [0.15, 0.2) is 33.9 Å². The first-order valence-corrected chi connectivity index (χ1v) is 9.66. The van der Waals surface area contributed by atoms with Crippen LogP contribution in [0.4, 0.5) is 0 Å². The maximum absolute atomic E-state index is 5.46. The van der Waals surface area contributed by atoms with Crippen molar-refractivity contribution in [2.75, 3.05) is 27.4 Å². The minimum absolute atomic E-state index is 0.448. The van der Waals surface area contributed by atoms with Crippen LogP contribution < -0.4 is 15.4 Å². The summed E-state index contributed by atoms with van der Waals surface area (Å²) >= 11 is 0. The maximum atomic E-state index is 5.46. The molecule has 8 heteroatoms. The Hall–Kier alpha value is -2.61. The van der Waals surface area contributed by atoms with Crippen LogP contribution in [0, 0.1) is 0 Å². The Bertz CT molecular complexity index is 711. The van der Waals surface area contributed by atoms with E-state index in [0.717, 1.165) is 29.9 Å². The van der Waals surface area contributed by atoms with Gasteiger partial charge in [0.1, 0.15) is 6.61 Å². The molecule has 0 aliphatic rings. The number of ether oxygens (including phenoxy) is 2. The molecule has 8 nitrogen and oxygen atoms in total. The Labute approximate surface area is 166 Å². The molecule has 0 amide bonds. The van der Waals surface area contributed by atoms with Crippen molar-refractivity contribution in [3.8, 4) is 5.88 Å². The summed E-state index contributed by atoms with van der Waals surface area (Å²) in [5.41, 5.74) is 2.04. The van der Waals surface area contributed by atoms with Gasteiger partial charge in [0.15, 0.2) is 11.7 Å². The van der Waals surface area contributed by atoms with Gasteiger partial charge in [-0.25, -0.2) is 4.98 Å². The van der Waals surface area contributed by atoms with E-state index >= 15 is 0 Å². The number of hydrogen-bond donors (Lipinski definition) is 2. The second-order valence-electron chi connectivity index (χ2n) is 6.36.